The third-order valence-corrected chi connectivity index (χ3v) is 2.84. The normalized spacial score (nSPS) is 12.4. The molecule has 0 aliphatic rings. The van der Waals surface area contributed by atoms with Crippen LogP contribution in [0.4, 0.5) is 0 Å². The first kappa shape index (κ1) is 12.7. The van der Waals surface area contributed by atoms with E-state index in [0.29, 0.717) is 0 Å². The Balaban J connectivity index is 2.17. The van der Waals surface area contributed by atoms with Crippen LogP contribution >= 0.6 is 0 Å². The lowest BCUT2D eigenvalue weighted by Crippen LogP contribution is -2.31. The molecule has 0 fully saturated rings. The van der Waals surface area contributed by atoms with E-state index in [1.165, 1.54) is 11.1 Å². The van der Waals surface area contributed by atoms with E-state index in [-0.39, 0.29) is 6.04 Å². The zero-order chi connectivity index (χ0) is 13.0. The van der Waals surface area contributed by atoms with Crippen molar-refractivity contribution in [2.45, 2.75) is 26.3 Å². The van der Waals surface area contributed by atoms with Gasteiger partial charge in [-0.15, -0.1) is 0 Å². The van der Waals surface area contributed by atoms with E-state index in [2.05, 4.69) is 40.5 Å². The molecule has 0 amide bonds. The summed E-state index contributed by atoms with van der Waals surface area (Å²) in [6.07, 6.45) is 4.40. The van der Waals surface area contributed by atoms with Crippen LogP contribution in [0.1, 0.15) is 28.6 Å². The van der Waals surface area contributed by atoms with Crippen molar-refractivity contribution in [2.75, 3.05) is 0 Å². The second kappa shape index (κ2) is 5.71. The summed E-state index contributed by atoms with van der Waals surface area (Å²) in [5, 5.41) is 0. The number of benzene rings is 1. The van der Waals surface area contributed by atoms with Gasteiger partial charge < -0.3 is 0 Å². The van der Waals surface area contributed by atoms with Crippen LogP contribution in [-0.2, 0) is 6.42 Å². The van der Waals surface area contributed by atoms with Gasteiger partial charge in [0.05, 0.1) is 6.04 Å². The molecule has 2 rings (SSSR count). The second-order valence-corrected chi connectivity index (χ2v) is 4.53. The molecule has 0 aliphatic heterocycles. The molecule has 1 atom stereocenters. The summed E-state index contributed by atoms with van der Waals surface area (Å²) in [6.45, 7) is 4.05. The van der Waals surface area contributed by atoms with Gasteiger partial charge in [-0.25, -0.2) is 15.4 Å². The fourth-order valence-electron chi connectivity index (χ4n) is 1.88. The highest BCUT2D eigenvalue weighted by atomic mass is 15.2. The van der Waals surface area contributed by atoms with Crippen LogP contribution in [0, 0.1) is 13.8 Å². The summed E-state index contributed by atoms with van der Waals surface area (Å²) in [5.41, 5.74) is 6.29. The number of nitrogens with two attached hydrogens (primary N) is 1. The number of aromatic nitrogens is 2. The van der Waals surface area contributed by atoms with Gasteiger partial charge in [0.15, 0.2) is 0 Å². The van der Waals surface area contributed by atoms with Crippen LogP contribution in [0.5, 0.6) is 0 Å². The molecule has 0 radical (unpaired) electrons. The Kier molecular flexibility index (Phi) is 4.02. The van der Waals surface area contributed by atoms with E-state index < -0.39 is 0 Å². The lowest BCUT2D eigenvalue weighted by Gasteiger charge is -2.14. The molecule has 2 aromatic rings. The van der Waals surface area contributed by atoms with Crippen LogP contribution in [0.2, 0.25) is 0 Å². The fraction of sp³-hybridized carbons (Fsp3) is 0.286. The van der Waals surface area contributed by atoms with Crippen LogP contribution in [0.15, 0.2) is 36.7 Å². The third kappa shape index (κ3) is 3.12. The van der Waals surface area contributed by atoms with Crippen molar-refractivity contribution in [2.24, 2.45) is 5.84 Å². The molecule has 94 valence electrons. The quantitative estimate of drug-likeness (QED) is 0.634. The first-order chi connectivity index (χ1) is 8.69. The molecule has 0 aliphatic carbocycles. The van der Waals surface area contributed by atoms with Crippen molar-refractivity contribution in [3.63, 3.8) is 0 Å². The van der Waals surface area contributed by atoms with Crippen LogP contribution in [0.25, 0.3) is 0 Å². The SMILES string of the molecule is Cc1cnc(C(Cc2cccc(C)c2)NN)nc1. The highest BCUT2D eigenvalue weighted by Crippen LogP contribution is 2.15. The van der Waals surface area contributed by atoms with Crippen molar-refractivity contribution >= 4 is 0 Å². The lowest BCUT2D eigenvalue weighted by molar-refractivity contribution is 0.522. The molecule has 0 bridgehead atoms. The summed E-state index contributed by atoms with van der Waals surface area (Å²) in [4.78, 5) is 8.63. The summed E-state index contributed by atoms with van der Waals surface area (Å²) in [5.74, 6) is 6.33. The van der Waals surface area contributed by atoms with Crippen LogP contribution in [0.3, 0.4) is 0 Å². The number of hydrogen-bond acceptors (Lipinski definition) is 4. The first-order valence-corrected chi connectivity index (χ1v) is 5.99. The number of nitrogens with one attached hydrogen (secondary N) is 1. The Bertz CT molecular complexity index is 507. The highest BCUT2D eigenvalue weighted by Gasteiger charge is 2.13. The molecule has 0 saturated carbocycles. The number of aryl methyl sites for hydroxylation is 2. The van der Waals surface area contributed by atoms with E-state index in [1.54, 1.807) is 0 Å². The molecule has 4 nitrogen and oxygen atoms in total. The van der Waals surface area contributed by atoms with Gasteiger partial charge >= 0.3 is 0 Å². The largest absolute Gasteiger partial charge is 0.271 e. The second-order valence-electron chi connectivity index (χ2n) is 4.53. The maximum absolute atomic E-state index is 5.60. The monoisotopic (exact) mass is 242 g/mol. The molecule has 1 unspecified atom stereocenters. The predicted octanol–water partition coefficient (Wildman–Crippen LogP) is 1.84. The standard InChI is InChI=1S/C14H18N4/c1-10-4-3-5-12(6-10)7-13(18-15)14-16-8-11(2)9-17-14/h3-6,8-9,13,18H,7,15H2,1-2H3. The third-order valence-electron chi connectivity index (χ3n) is 2.84. The van der Waals surface area contributed by atoms with E-state index in [0.717, 1.165) is 17.8 Å². The minimum absolute atomic E-state index is 0.0626. The molecular weight excluding hydrogens is 224 g/mol. The fourth-order valence-corrected chi connectivity index (χ4v) is 1.88. The van der Waals surface area contributed by atoms with Gasteiger partial charge in [-0.2, -0.15) is 0 Å². The van der Waals surface area contributed by atoms with Crippen molar-refractivity contribution in [1.82, 2.24) is 15.4 Å². The van der Waals surface area contributed by atoms with Crippen LogP contribution < -0.4 is 11.3 Å². The Morgan fingerprint density at radius 3 is 2.50 bits per heavy atom. The molecular formula is C14H18N4. The summed E-state index contributed by atoms with van der Waals surface area (Å²) in [7, 11) is 0. The lowest BCUT2D eigenvalue weighted by atomic mass is 10.0. The first-order valence-electron chi connectivity index (χ1n) is 5.99. The smallest absolute Gasteiger partial charge is 0.146 e. The van der Waals surface area contributed by atoms with Crippen molar-refractivity contribution in [3.05, 3.63) is 59.2 Å². The number of hydrogen-bond donors (Lipinski definition) is 2. The summed E-state index contributed by atoms with van der Waals surface area (Å²) < 4.78 is 0. The van der Waals surface area contributed by atoms with E-state index in [1.807, 2.05) is 25.4 Å². The summed E-state index contributed by atoms with van der Waals surface area (Å²) >= 11 is 0. The van der Waals surface area contributed by atoms with Gasteiger partial charge in [0, 0.05) is 12.4 Å². The number of hydrazine groups is 1. The molecule has 18 heavy (non-hydrogen) atoms. The Hall–Kier alpha value is -1.78. The highest BCUT2D eigenvalue weighted by molar-refractivity contribution is 5.23. The average molecular weight is 242 g/mol. The zero-order valence-corrected chi connectivity index (χ0v) is 10.7. The Labute approximate surface area is 107 Å². The van der Waals surface area contributed by atoms with Crippen molar-refractivity contribution in [3.8, 4) is 0 Å². The van der Waals surface area contributed by atoms with Gasteiger partial charge in [-0.3, -0.25) is 5.84 Å². The molecule has 4 heteroatoms. The molecule has 0 saturated heterocycles. The van der Waals surface area contributed by atoms with Gasteiger partial charge in [-0.05, 0) is 31.4 Å². The number of nitrogens with zero attached hydrogens (tertiary/aromatic N) is 2. The van der Waals surface area contributed by atoms with Gasteiger partial charge in [0.1, 0.15) is 5.82 Å². The van der Waals surface area contributed by atoms with E-state index in [4.69, 9.17) is 5.84 Å². The van der Waals surface area contributed by atoms with E-state index >= 15 is 0 Å². The van der Waals surface area contributed by atoms with E-state index in [9.17, 15) is 0 Å². The molecule has 1 aromatic heterocycles. The topological polar surface area (TPSA) is 63.8 Å². The molecule has 3 N–H and O–H groups in total. The molecule has 1 heterocycles. The molecule has 0 spiro atoms. The van der Waals surface area contributed by atoms with Gasteiger partial charge in [0.25, 0.3) is 0 Å². The van der Waals surface area contributed by atoms with Crippen LogP contribution in [-0.4, -0.2) is 9.97 Å². The van der Waals surface area contributed by atoms with Gasteiger partial charge in [0.2, 0.25) is 0 Å². The van der Waals surface area contributed by atoms with Crippen molar-refractivity contribution < 1.29 is 0 Å². The Morgan fingerprint density at radius 1 is 1.17 bits per heavy atom. The molecule has 1 aromatic carbocycles. The minimum atomic E-state index is -0.0626. The van der Waals surface area contributed by atoms with Crippen molar-refractivity contribution in [1.29, 1.82) is 0 Å². The maximum Gasteiger partial charge on any atom is 0.146 e. The Morgan fingerprint density at radius 2 is 1.89 bits per heavy atom. The maximum atomic E-state index is 5.60. The zero-order valence-electron chi connectivity index (χ0n) is 10.7. The summed E-state index contributed by atoms with van der Waals surface area (Å²) in [6, 6.07) is 8.31. The minimum Gasteiger partial charge on any atom is -0.271 e. The number of rotatable bonds is 4. The predicted molar refractivity (Wildman–Crippen MR) is 71.7 cm³/mol. The van der Waals surface area contributed by atoms with Gasteiger partial charge in [-0.1, -0.05) is 29.8 Å². The average Bonchev–Trinajstić information content (AvgIpc) is 2.37.